The van der Waals surface area contributed by atoms with Gasteiger partial charge in [-0.1, -0.05) is 18.6 Å². The van der Waals surface area contributed by atoms with E-state index in [9.17, 15) is 0 Å². The molecule has 1 aromatic rings. The highest BCUT2D eigenvalue weighted by Crippen LogP contribution is 2.19. The van der Waals surface area contributed by atoms with Gasteiger partial charge in [0, 0.05) is 45.8 Å². The van der Waals surface area contributed by atoms with Crippen LogP contribution in [0.2, 0.25) is 0 Å². The molecule has 1 aromatic carbocycles. The maximum Gasteiger partial charge on any atom is 0.191 e. The highest BCUT2D eigenvalue weighted by Gasteiger charge is 2.27. The second-order valence-electron chi connectivity index (χ2n) is 7.98. The molecule has 0 unspecified atom stereocenters. The van der Waals surface area contributed by atoms with E-state index < -0.39 is 0 Å². The van der Waals surface area contributed by atoms with E-state index in [1.54, 1.807) is 7.11 Å². The van der Waals surface area contributed by atoms with E-state index in [1.165, 1.54) is 37.9 Å². The lowest BCUT2D eigenvalue weighted by Gasteiger charge is -2.41. The number of halogens is 1. The molecule has 29 heavy (non-hydrogen) atoms. The average Bonchev–Trinajstić information content (AvgIpc) is 2.72. The van der Waals surface area contributed by atoms with E-state index in [0.29, 0.717) is 13.2 Å². The van der Waals surface area contributed by atoms with Gasteiger partial charge in [-0.05, 0) is 57.5 Å². The van der Waals surface area contributed by atoms with Crippen LogP contribution in [-0.4, -0.2) is 63.4 Å². The van der Waals surface area contributed by atoms with E-state index in [0.717, 1.165) is 31.3 Å². The van der Waals surface area contributed by atoms with Crippen molar-refractivity contribution in [3.8, 4) is 5.75 Å². The van der Waals surface area contributed by atoms with Gasteiger partial charge in [0.05, 0.1) is 6.61 Å². The summed E-state index contributed by atoms with van der Waals surface area (Å²) in [6.45, 7) is 9.96. The Labute approximate surface area is 193 Å². The molecule has 1 heterocycles. The smallest absolute Gasteiger partial charge is 0.191 e. The van der Waals surface area contributed by atoms with Crippen LogP contribution in [0, 0.1) is 0 Å². The van der Waals surface area contributed by atoms with Gasteiger partial charge < -0.3 is 20.1 Å². The number of piperidine rings is 1. The molecule has 7 heteroatoms. The van der Waals surface area contributed by atoms with Crippen molar-refractivity contribution in [2.45, 2.75) is 51.6 Å². The zero-order chi connectivity index (χ0) is 20.2. The minimum atomic E-state index is 0. The summed E-state index contributed by atoms with van der Waals surface area (Å²) in [6, 6.07) is 8.19. The lowest BCUT2D eigenvalue weighted by Crippen LogP contribution is -2.54. The molecular formula is C22H39IN4O2. The number of likely N-dealkylation sites (tertiary alicyclic amines) is 1. The molecule has 1 aliphatic rings. The molecule has 0 amide bonds. The molecule has 1 saturated heterocycles. The summed E-state index contributed by atoms with van der Waals surface area (Å²) < 4.78 is 10.8. The molecule has 0 bridgehead atoms. The summed E-state index contributed by atoms with van der Waals surface area (Å²) in [6.07, 6.45) is 4.86. The minimum absolute atomic E-state index is 0. The van der Waals surface area contributed by atoms with Crippen LogP contribution < -0.4 is 15.4 Å². The van der Waals surface area contributed by atoms with Crippen LogP contribution in [-0.2, 0) is 11.3 Å². The first kappa shape index (κ1) is 26.0. The summed E-state index contributed by atoms with van der Waals surface area (Å²) in [5.41, 5.74) is 1.29. The maximum absolute atomic E-state index is 5.78. The molecule has 0 aromatic heterocycles. The van der Waals surface area contributed by atoms with Crippen molar-refractivity contribution in [3.05, 3.63) is 29.8 Å². The third-order valence-electron chi connectivity index (χ3n) is 5.24. The Morgan fingerprint density at radius 1 is 1.14 bits per heavy atom. The number of ether oxygens (including phenoxy) is 2. The zero-order valence-corrected chi connectivity index (χ0v) is 20.8. The van der Waals surface area contributed by atoms with Gasteiger partial charge in [0.15, 0.2) is 5.96 Å². The van der Waals surface area contributed by atoms with Crippen LogP contribution in [0.25, 0.3) is 0 Å². The molecule has 0 saturated carbocycles. The van der Waals surface area contributed by atoms with Crippen molar-refractivity contribution in [1.82, 2.24) is 15.5 Å². The van der Waals surface area contributed by atoms with Gasteiger partial charge >= 0.3 is 0 Å². The summed E-state index contributed by atoms with van der Waals surface area (Å²) in [4.78, 5) is 6.96. The SMILES string of the molecule is CN=C(NCc1cccc(OCCCOC)c1)NCC(C)(C)N1CCCCC1.I. The number of benzene rings is 1. The van der Waals surface area contributed by atoms with Crippen molar-refractivity contribution >= 4 is 29.9 Å². The van der Waals surface area contributed by atoms with Crippen LogP contribution in [0.15, 0.2) is 29.3 Å². The number of hydrogen-bond donors (Lipinski definition) is 2. The van der Waals surface area contributed by atoms with E-state index in [2.05, 4.69) is 46.5 Å². The predicted molar refractivity (Wildman–Crippen MR) is 132 cm³/mol. The molecule has 0 atom stereocenters. The Bertz CT molecular complexity index is 604. The maximum atomic E-state index is 5.78. The fraction of sp³-hybridized carbons (Fsp3) is 0.682. The number of nitrogens with one attached hydrogen (secondary N) is 2. The van der Waals surface area contributed by atoms with E-state index in [1.807, 2.05) is 19.2 Å². The number of nitrogens with zero attached hydrogens (tertiary/aromatic N) is 2. The minimum Gasteiger partial charge on any atom is -0.493 e. The predicted octanol–water partition coefficient (Wildman–Crippen LogP) is 3.65. The van der Waals surface area contributed by atoms with Gasteiger partial charge in [-0.2, -0.15) is 0 Å². The molecule has 1 aliphatic heterocycles. The number of rotatable bonds is 10. The van der Waals surface area contributed by atoms with Gasteiger partial charge in [-0.3, -0.25) is 9.89 Å². The highest BCUT2D eigenvalue weighted by molar-refractivity contribution is 14.0. The Hall–Kier alpha value is -1.06. The largest absolute Gasteiger partial charge is 0.493 e. The van der Waals surface area contributed by atoms with Gasteiger partial charge in [0.2, 0.25) is 0 Å². The second-order valence-corrected chi connectivity index (χ2v) is 7.98. The molecular weight excluding hydrogens is 479 g/mol. The summed E-state index contributed by atoms with van der Waals surface area (Å²) >= 11 is 0. The molecule has 1 fully saturated rings. The molecule has 6 nitrogen and oxygen atoms in total. The average molecular weight is 518 g/mol. The Balaban J connectivity index is 0.00000420. The van der Waals surface area contributed by atoms with Crippen LogP contribution in [0.5, 0.6) is 5.75 Å². The summed E-state index contributed by atoms with van der Waals surface area (Å²) in [7, 11) is 3.53. The standard InChI is InChI=1S/C22H38N4O2.HI/c1-22(2,26-12-6-5-7-13-26)18-25-21(23-3)24-17-19-10-8-11-20(16-19)28-15-9-14-27-4;/h8,10-11,16H,5-7,9,12-15,17-18H2,1-4H3,(H2,23,24,25);1H. The third kappa shape index (κ3) is 9.53. The number of aliphatic imine (C=N–C) groups is 1. The number of methoxy groups -OCH3 is 1. The van der Waals surface area contributed by atoms with Crippen LogP contribution in [0.4, 0.5) is 0 Å². The molecule has 2 N–H and O–H groups in total. The summed E-state index contributed by atoms with van der Waals surface area (Å²) in [5, 5.41) is 6.90. The molecule has 0 spiro atoms. The topological polar surface area (TPSA) is 58.1 Å². The molecule has 166 valence electrons. The molecule has 2 rings (SSSR count). The summed E-state index contributed by atoms with van der Waals surface area (Å²) in [5.74, 6) is 1.72. The second kappa shape index (κ2) is 14.0. The highest BCUT2D eigenvalue weighted by atomic mass is 127. The fourth-order valence-electron chi connectivity index (χ4n) is 3.46. The van der Waals surface area contributed by atoms with E-state index >= 15 is 0 Å². The van der Waals surface area contributed by atoms with Gasteiger partial charge in [-0.15, -0.1) is 24.0 Å². The Morgan fingerprint density at radius 2 is 1.90 bits per heavy atom. The zero-order valence-electron chi connectivity index (χ0n) is 18.5. The fourth-order valence-corrected chi connectivity index (χ4v) is 3.46. The normalized spacial score (nSPS) is 15.5. The monoisotopic (exact) mass is 518 g/mol. The van der Waals surface area contributed by atoms with E-state index in [-0.39, 0.29) is 29.5 Å². The van der Waals surface area contributed by atoms with Crippen molar-refractivity contribution in [1.29, 1.82) is 0 Å². The lowest BCUT2D eigenvalue weighted by atomic mass is 9.98. The number of hydrogen-bond acceptors (Lipinski definition) is 4. The van der Waals surface area contributed by atoms with Crippen molar-refractivity contribution in [3.63, 3.8) is 0 Å². The first-order chi connectivity index (χ1) is 13.5. The first-order valence-corrected chi connectivity index (χ1v) is 10.5. The third-order valence-corrected chi connectivity index (χ3v) is 5.24. The van der Waals surface area contributed by atoms with Gasteiger partial charge in [0.25, 0.3) is 0 Å². The lowest BCUT2D eigenvalue weighted by molar-refractivity contribution is 0.0982. The van der Waals surface area contributed by atoms with Crippen molar-refractivity contribution < 1.29 is 9.47 Å². The Morgan fingerprint density at radius 3 is 2.59 bits per heavy atom. The van der Waals surface area contributed by atoms with E-state index in [4.69, 9.17) is 9.47 Å². The van der Waals surface area contributed by atoms with Crippen LogP contribution in [0.3, 0.4) is 0 Å². The van der Waals surface area contributed by atoms with Gasteiger partial charge in [0.1, 0.15) is 5.75 Å². The Kier molecular flexibility index (Phi) is 12.6. The molecule has 0 aliphatic carbocycles. The quantitative estimate of drug-likeness (QED) is 0.214. The van der Waals surface area contributed by atoms with Crippen molar-refractivity contribution in [2.75, 3.05) is 47.0 Å². The van der Waals surface area contributed by atoms with Crippen LogP contribution in [0.1, 0.15) is 45.1 Å². The molecule has 0 radical (unpaired) electrons. The van der Waals surface area contributed by atoms with Crippen molar-refractivity contribution in [2.24, 2.45) is 4.99 Å². The number of guanidine groups is 1. The first-order valence-electron chi connectivity index (χ1n) is 10.5. The van der Waals surface area contributed by atoms with Gasteiger partial charge in [-0.25, -0.2) is 0 Å². The van der Waals surface area contributed by atoms with Crippen LogP contribution >= 0.6 is 24.0 Å².